The highest BCUT2D eigenvalue weighted by Crippen LogP contribution is 2.42. The van der Waals surface area contributed by atoms with Crippen molar-refractivity contribution in [2.45, 2.75) is 61.1 Å². The summed E-state index contributed by atoms with van der Waals surface area (Å²) in [5, 5.41) is 0.328. The van der Waals surface area contributed by atoms with Crippen LogP contribution in [0.2, 0.25) is 24.2 Å². The third-order valence-corrected chi connectivity index (χ3v) is 9.86. The van der Waals surface area contributed by atoms with Crippen LogP contribution in [-0.2, 0) is 9.47 Å². The number of hydrogen-bond donors (Lipinski definition) is 0. The Balaban J connectivity index is 2.57. The molecule has 0 bridgehead atoms. The summed E-state index contributed by atoms with van der Waals surface area (Å²) in [6, 6.07) is 1.02. The summed E-state index contributed by atoms with van der Waals surface area (Å²) in [6.07, 6.45) is -0.682. The Morgan fingerprint density at radius 1 is 1.18 bits per heavy atom. The van der Waals surface area contributed by atoms with Crippen molar-refractivity contribution < 1.29 is 9.47 Å². The van der Waals surface area contributed by atoms with Crippen LogP contribution in [0.25, 0.3) is 0 Å². The van der Waals surface area contributed by atoms with E-state index in [0.717, 1.165) is 6.04 Å². The molecule has 0 N–H and O–H groups in total. The van der Waals surface area contributed by atoms with Crippen LogP contribution in [0.4, 0.5) is 0 Å². The molecule has 1 aliphatic rings. The van der Waals surface area contributed by atoms with Crippen LogP contribution in [-0.4, -0.2) is 30.9 Å². The average Bonchev–Trinajstić information content (AvgIpc) is 2.48. The van der Waals surface area contributed by atoms with Gasteiger partial charge in [-0.15, -0.1) is 0 Å². The molecule has 0 aliphatic carbocycles. The van der Waals surface area contributed by atoms with Gasteiger partial charge in [0, 0.05) is 0 Å². The van der Waals surface area contributed by atoms with E-state index in [2.05, 4.69) is 33.9 Å². The normalized spacial score (nSPS) is 27.5. The molecule has 0 aromatic heterocycles. The van der Waals surface area contributed by atoms with E-state index in [0.29, 0.717) is 11.6 Å². The molecule has 0 aromatic carbocycles. The summed E-state index contributed by atoms with van der Waals surface area (Å²) in [5.41, 5.74) is 0. The molecule has 1 saturated heterocycles. The minimum Gasteiger partial charge on any atom is -0.346 e. The predicted octanol–water partition coefficient (Wildman–Crippen LogP) is 4.61. The van der Waals surface area contributed by atoms with Gasteiger partial charge in [-0.1, -0.05) is 68.7 Å². The van der Waals surface area contributed by atoms with Gasteiger partial charge < -0.3 is 9.47 Å². The first-order chi connectivity index (χ1) is 7.43. The van der Waals surface area contributed by atoms with Crippen molar-refractivity contribution in [3.63, 3.8) is 0 Å². The molecule has 1 fully saturated rings. The lowest BCUT2D eigenvalue weighted by molar-refractivity contribution is -0.0506. The van der Waals surface area contributed by atoms with Crippen LogP contribution in [0.1, 0.15) is 20.8 Å². The van der Waals surface area contributed by atoms with Gasteiger partial charge in [0.1, 0.15) is 0 Å². The molecule has 17 heavy (non-hydrogen) atoms. The zero-order chi connectivity index (χ0) is 13.5. The third kappa shape index (κ3) is 4.25. The number of alkyl halides is 3. The Labute approximate surface area is 120 Å². The van der Waals surface area contributed by atoms with Crippen molar-refractivity contribution in [3.8, 4) is 0 Å². The molecule has 0 saturated carbocycles. The third-order valence-electron chi connectivity index (χ3n) is 3.79. The van der Waals surface area contributed by atoms with Crippen molar-refractivity contribution in [1.82, 2.24) is 0 Å². The maximum Gasteiger partial charge on any atom is 0.240 e. The lowest BCUT2D eigenvalue weighted by Crippen LogP contribution is -2.41. The van der Waals surface area contributed by atoms with E-state index in [4.69, 9.17) is 44.3 Å². The van der Waals surface area contributed by atoms with Crippen LogP contribution in [0.5, 0.6) is 0 Å². The van der Waals surface area contributed by atoms with E-state index in [-0.39, 0.29) is 6.10 Å². The first-order valence-corrected chi connectivity index (χ1v) is 10.1. The summed E-state index contributed by atoms with van der Waals surface area (Å²) in [4.78, 5) is 0. The second kappa shape index (κ2) is 5.18. The molecule has 102 valence electrons. The molecule has 0 aromatic rings. The Kier molecular flexibility index (Phi) is 4.89. The quantitative estimate of drug-likeness (QED) is 0.547. The van der Waals surface area contributed by atoms with Crippen LogP contribution >= 0.6 is 34.8 Å². The molecule has 1 aliphatic heterocycles. The van der Waals surface area contributed by atoms with Gasteiger partial charge in [0.25, 0.3) is 0 Å². The number of hydrogen-bond acceptors (Lipinski definition) is 2. The molecule has 1 heterocycles. The van der Waals surface area contributed by atoms with E-state index in [1.807, 2.05) is 0 Å². The van der Waals surface area contributed by atoms with Crippen LogP contribution < -0.4 is 0 Å². The zero-order valence-electron chi connectivity index (χ0n) is 11.0. The fourth-order valence-electron chi connectivity index (χ4n) is 1.60. The van der Waals surface area contributed by atoms with Crippen LogP contribution in [0, 0.1) is 0 Å². The highest BCUT2D eigenvalue weighted by Gasteiger charge is 2.44. The summed E-state index contributed by atoms with van der Waals surface area (Å²) in [7, 11) is -1.39. The van der Waals surface area contributed by atoms with E-state index in [1.165, 1.54) is 0 Å². The van der Waals surface area contributed by atoms with Crippen LogP contribution in [0.15, 0.2) is 0 Å². The first kappa shape index (κ1) is 16.1. The Hall–Kier alpha value is 1.01. The Morgan fingerprint density at radius 2 is 1.71 bits per heavy atom. The van der Waals surface area contributed by atoms with E-state index in [9.17, 15) is 0 Å². The second-order valence-electron chi connectivity index (χ2n) is 6.30. The standard InChI is InChI=1S/C11H21Cl3O2Si/c1-10(2,3)17(4,5)7-8-6-15-9(16-8)11(12,13)14/h8-9H,6-7H2,1-5H3. The molecule has 2 nitrogen and oxygen atoms in total. The molecule has 1 rings (SSSR count). The lowest BCUT2D eigenvalue weighted by atomic mass is 10.2. The van der Waals surface area contributed by atoms with Gasteiger partial charge in [-0.3, -0.25) is 0 Å². The molecule has 6 heteroatoms. The monoisotopic (exact) mass is 318 g/mol. The molecular weight excluding hydrogens is 299 g/mol. The summed E-state index contributed by atoms with van der Waals surface area (Å²) >= 11 is 17.3. The summed E-state index contributed by atoms with van der Waals surface area (Å²) < 4.78 is 9.57. The number of ether oxygens (including phenoxy) is 2. The van der Waals surface area contributed by atoms with Gasteiger partial charge in [-0.2, -0.15) is 0 Å². The predicted molar refractivity (Wildman–Crippen MR) is 76.9 cm³/mol. The van der Waals surface area contributed by atoms with Crippen molar-refractivity contribution in [2.75, 3.05) is 6.61 Å². The maximum atomic E-state index is 5.76. The fourth-order valence-corrected chi connectivity index (χ4v) is 3.91. The molecular formula is C11H21Cl3O2Si. The first-order valence-electron chi connectivity index (χ1n) is 5.77. The van der Waals surface area contributed by atoms with Gasteiger partial charge in [0.2, 0.25) is 10.1 Å². The number of rotatable bonds is 2. The van der Waals surface area contributed by atoms with E-state index in [1.54, 1.807) is 0 Å². The SMILES string of the molecule is CC(C)(C)[Si](C)(C)CC1COC(C(Cl)(Cl)Cl)O1. The average molecular weight is 320 g/mol. The van der Waals surface area contributed by atoms with Crippen LogP contribution in [0.3, 0.4) is 0 Å². The van der Waals surface area contributed by atoms with Gasteiger partial charge >= 0.3 is 0 Å². The Bertz CT molecular complexity index is 271. The highest BCUT2D eigenvalue weighted by molar-refractivity contribution is 6.80. The second-order valence-corrected chi connectivity index (χ2v) is 14.3. The molecule has 0 amide bonds. The van der Waals surface area contributed by atoms with Crippen molar-refractivity contribution >= 4 is 42.9 Å². The Morgan fingerprint density at radius 3 is 2.06 bits per heavy atom. The highest BCUT2D eigenvalue weighted by atomic mass is 35.6. The van der Waals surface area contributed by atoms with E-state index >= 15 is 0 Å². The maximum absolute atomic E-state index is 5.76. The zero-order valence-corrected chi connectivity index (χ0v) is 14.3. The van der Waals surface area contributed by atoms with Gasteiger partial charge in [-0.25, -0.2) is 0 Å². The largest absolute Gasteiger partial charge is 0.346 e. The number of halogens is 3. The minimum atomic E-state index is -1.50. The smallest absolute Gasteiger partial charge is 0.240 e. The topological polar surface area (TPSA) is 18.5 Å². The van der Waals surface area contributed by atoms with Crippen molar-refractivity contribution in [2.24, 2.45) is 0 Å². The molecule has 2 unspecified atom stereocenters. The van der Waals surface area contributed by atoms with E-state index < -0.39 is 18.2 Å². The van der Waals surface area contributed by atoms with Gasteiger partial charge in [-0.05, 0) is 11.1 Å². The molecule has 0 spiro atoms. The summed E-state index contributed by atoms with van der Waals surface area (Å²) in [6.45, 7) is 12.1. The van der Waals surface area contributed by atoms with Crippen molar-refractivity contribution in [3.05, 3.63) is 0 Å². The molecule has 2 atom stereocenters. The summed E-state index contributed by atoms with van der Waals surface area (Å²) in [5.74, 6) is 0. The minimum absolute atomic E-state index is 0.0523. The van der Waals surface area contributed by atoms with Crippen molar-refractivity contribution in [1.29, 1.82) is 0 Å². The van der Waals surface area contributed by atoms with Gasteiger partial charge in [0.05, 0.1) is 20.8 Å². The van der Waals surface area contributed by atoms with Gasteiger partial charge in [0.15, 0.2) is 0 Å². The lowest BCUT2D eigenvalue weighted by Gasteiger charge is -2.38. The fraction of sp³-hybridized carbons (Fsp3) is 1.00. The molecule has 0 radical (unpaired) electrons.